The summed E-state index contributed by atoms with van der Waals surface area (Å²) in [6.45, 7) is 6.60. The fourth-order valence-electron chi connectivity index (χ4n) is 2.79. The molecule has 0 unspecified atom stereocenters. The Morgan fingerprint density at radius 1 is 1.00 bits per heavy atom. The molecule has 0 bridgehead atoms. The number of rotatable bonds is 8. The van der Waals surface area contributed by atoms with Crippen molar-refractivity contribution in [2.24, 2.45) is 0 Å². The van der Waals surface area contributed by atoms with Crippen molar-refractivity contribution in [2.75, 3.05) is 6.54 Å². The topological polar surface area (TPSA) is 37.4 Å². The van der Waals surface area contributed by atoms with Crippen LogP contribution in [0.2, 0.25) is 5.02 Å². The van der Waals surface area contributed by atoms with Crippen molar-refractivity contribution >= 4 is 21.6 Å². The zero-order chi connectivity index (χ0) is 18.4. The summed E-state index contributed by atoms with van der Waals surface area (Å²) in [6.07, 6.45) is 1.55. The highest BCUT2D eigenvalue weighted by Crippen LogP contribution is 2.25. The zero-order valence-corrected chi connectivity index (χ0v) is 16.6. The van der Waals surface area contributed by atoms with Gasteiger partial charge in [-0.2, -0.15) is 4.31 Å². The van der Waals surface area contributed by atoms with E-state index in [9.17, 15) is 8.42 Å². The highest BCUT2D eigenvalue weighted by Gasteiger charge is 2.28. The standard InChI is InChI=1S/C20H26ClNO2S/c1-4-17(3)22(15-14-16(2)18-8-6-5-7-9-18)25(23,24)20-12-10-19(21)11-13-20/h5-13,16-17H,4,14-15H2,1-3H3/t16-,17+/m1/s1. The van der Waals surface area contributed by atoms with Gasteiger partial charge in [0.25, 0.3) is 0 Å². The minimum Gasteiger partial charge on any atom is -0.207 e. The van der Waals surface area contributed by atoms with Crippen LogP contribution in [0.4, 0.5) is 0 Å². The van der Waals surface area contributed by atoms with E-state index < -0.39 is 10.0 Å². The third-order valence-corrected chi connectivity index (χ3v) is 6.93. The molecule has 0 aliphatic carbocycles. The van der Waals surface area contributed by atoms with E-state index in [-0.39, 0.29) is 6.04 Å². The molecule has 2 rings (SSSR count). The number of hydrogen-bond acceptors (Lipinski definition) is 2. The Kier molecular flexibility index (Phi) is 7.05. The molecule has 0 aliphatic rings. The highest BCUT2D eigenvalue weighted by atomic mass is 35.5. The lowest BCUT2D eigenvalue weighted by Crippen LogP contribution is -2.39. The molecule has 0 saturated heterocycles. The monoisotopic (exact) mass is 379 g/mol. The van der Waals surface area contributed by atoms with E-state index in [0.29, 0.717) is 22.4 Å². The number of halogens is 1. The van der Waals surface area contributed by atoms with Crippen molar-refractivity contribution in [1.29, 1.82) is 0 Å². The highest BCUT2D eigenvalue weighted by molar-refractivity contribution is 7.89. The van der Waals surface area contributed by atoms with Crippen LogP contribution >= 0.6 is 11.6 Å². The fourth-order valence-corrected chi connectivity index (χ4v) is 4.64. The van der Waals surface area contributed by atoms with Crippen molar-refractivity contribution in [3.8, 4) is 0 Å². The van der Waals surface area contributed by atoms with Crippen LogP contribution in [0, 0.1) is 0 Å². The molecule has 3 nitrogen and oxygen atoms in total. The van der Waals surface area contributed by atoms with E-state index in [0.717, 1.165) is 12.8 Å². The molecule has 0 heterocycles. The lowest BCUT2D eigenvalue weighted by molar-refractivity contribution is 0.318. The fraction of sp³-hybridized carbons (Fsp3) is 0.400. The average Bonchev–Trinajstić information content (AvgIpc) is 2.62. The Balaban J connectivity index is 2.19. The summed E-state index contributed by atoms with van der Waals surface area (Å²) in [5, 5.41) is 0.534. The van der Waals surface area contributed by atoms with Crippen molar-refractivity contribution in [1.82, 2.24) is 4.31 Å². The maximum absolute atomic E-state index is 13.1. The summed E-state index contributed by atoms with van der Waals surface area (Å²) >= 11 is 5.89. The SMILES string of the molecule is CC[C@H](C)N(CC[C@@H](C)c1ccccc1)S(=O)(=O)c1ccc(Cl)cc1. The predicted molar refractivity (Wildman–Crippen MR) is 105 cm³/mol. The quantitative estimate of drug-likeness (QED) is 0.622. The molecular formula is C20H26ClNO2S. The van der Waals surface area contributed by atoms with Gasteiger partial charge in [-0.1, -0.05) is 55.8 Å². The first-order valence-electron chi connectivity index (χ1n) is 8.68. The summed E-state index contributed by atoms with van der Waals surface area (Å²) in [4.78, 5) is 0.296. The molecular weight excluding hydrogens is 354 g/mol. The largest absolute Gasteiger partial charge is 0.243 e. The molecule has 136 valence electrons. The molecule has 2 aromatic carbocycles. The van der Waals surface area contributed by atoms with Crippen LogP contribution in [-0.4, -0.2) is 25.3 Å². The molecule has 0 saturated carbocycles. The summed E-state index contributed by atoms with van der Waals surface area (Å²) < 4.78 is 27.8. The van der Waals surface area contributed by atoms with Gasteiger partial charge in [0.2, 0.25) is 10.0 Å². The molecule has 0 N–H and O–H groups in total. The first kappa shape index (κ1) is 20.0. The van der Waals surface area contributed by atoms with E-state index in [1.807, 2.05) is 32.0 Å². The Labute approximate surface area is 156 Å². The predicted octanol–water partition coefficient (Wildman–Crippen LogP) is 5.32. The zero-order valence-electron chi connectivity index (χ0n) is 15.0. The number of nitrogens with zero attached hydrogens (tertiary/aromatic N) is 1. The number of hydrogen-bond donors (Lipinski definition) is 0. The second kappa shape index (κ2) is 8.84. The van der Waals surface area contributed by atoms with Crippen LogP contribution in [-0.2, 0) is 10.0 Å². The van der Waals surface area contributed by atoms with Gasteiger partial charge in [-0.05, 0) is 55.5 Å². The summed E-state index contributed by atoms with van der Waals surface area (Å²) in [5.41, 5.74) is 1.23. The minimum atomic E-state index is -3.53. The molecule has 2 atom stereocenters. The van der Waals surface area contributed by atoms with Crippen LogP contribution < -0.4 is 0 Å². The first-order valence-corrected chi connectivity index (χ1v) is 10.5. The smallest absolute Gasteiger partial charge is 0.207 e. The van der Waals surface area contributed by atoms with Gasteiger partial charge < -0.3 is 0 Å². The molecule has 0 amide bonds. The van der Waals surface area contributed by atoms with E-state index >= 15 is 0 Å². The lowest BCUT2D eigenvalue weighted by Gasteiger charge is -2.29. The van der Waals surface area contributed by atoms with Crippen LogP contribution in [0.25, 0.3) is 0 Å². The van der Waals surface area contributed by atoms with Gasteiger partial charge in [0, 0.05) is 17.6 Å². The van der Waals surface area contributed by atoms with E-state index in [2.05, 4.69) is 19.1 Å². The molecule has 2 aromatic rings. The third kappa shape index (κ3) is 5.06. The molecule has 0 aliphatic heterocycles. The van der Waals surface area contributed by atoms with Crippen LogP contribution in [0.1, 0.15) is 45.1 Å². The van der Waals surface area contributed by atoms with Crippen molar-refractivity contribution in [2.45, 2.75) is 50.5 Å². The van der Waals surface area contributed by atoms with Crippen LogP contribution in [0.5, 0.6) is 0 Å². The maximum Gasteiger partial charge on any atom is 0.243 e. The molecule has 0 aromatic heterocycles. The number of sulfonamides is 1. The normalized spacial score (nSPS) is 14.4. The Morgan fingerprint density at radius 3 is 2.16 bits per heavy atom. The average molecular weight is 380 g/mol. The van der Waals surface area contributed by atoms with E-state index in [1.165, 1.54) is 5.56 Å². The molecule has 5 heteroatoms. The van der Waals surface area contributed by atoms with Gasteiger partial charge in [0.1, 0.15) is 0 Å². The summed E-state index contributed by atoms with van der Waals surface area (Å²) in [6, 6.07) is 16.5. The third-order valence-electron chi connectivity index (χ3n) is 4.65. The van der Waals surface area contributed by atoms with Gasteiger partial charge in [-0.15, -0.1) is 0 Å². The van der Waals surface area contributed by atoms with E-state index in [4.69, 9.17) is 11.6 Å². The number of benzene rings is 2. The molecule has 0 fully saturated rings. The Morgan fingerprint density at radius 2 is 1.60 bits per heavy atom. The lowest BCUT2D eigenvalue weighted by atomic mass is 9.98. The van der Waals surface area contributed by atoms with Crippen molar-refractivity contribution in [3.63, 3.8) is 0 Å². The van der Waals surface area contributed by atoms with Gasteiger partial charge in [0.15, 0.2) is 0 Å². The van der Waals surface area contributed by atoms with Crippen LogP contribution in [0.3, 0.4) is 0 Å². The second-order valence-corrected chi connectivity index (χ2v) is 8.75. The maximum atomic E-state index is 13.1. The summed E-state index contributed by atoms with van der Waals surface area (Å²) in [5.74, 6) is 0.299. The first-order chi connectivity index (χ1) is 11.9. The van der Waals surface area contributed by atoms with Gasteiger partial charge in [-0.25, -0.2) is 8.42 Å². The van der Waals surface area contributed by atoms with Crippen molar-refractivity contribution < 1.29 is 8.42 Å². The van der Waals surface area contributed by atoms with Crippen molar-refractivity contribution in [3.05, 3.63) is 65.2 Å². The molecule has 0 radical (unpaired) electrons. The minimum absolute atomic E-state index is 0.0522. The molecule has 25 heavy (non-hydrogen) atoms. The van der Waals surface area contributed by atoms with Crippen LogP contribution in [0.15, 0.2) is 59.5 Å². The van der Waals surface area contributed by atoms with Gasteiger partial charge in [-0.3, -0.25) is 0 Å². The second-order valence-electron chi connectivity index (χ2n) is 6.43. The Hall–Kier alpha value is -1.36. The van der Waals surface area contributed by atoms with Gasteiger partial charge in [0.05, 0.1) is 4.90 Å². The Bertz CT molecular complexity index is 760. The summed E-state index contributed by atoms with van der Waals surface area (Å²) in [7, 11) is -3.53. The van der Waals surface area contributed by atoms with E-state index in [1.54, 1.807) is 28.6 Å². The molecule has 0 spiro atoms. The van der Waals surface area contributed by atoms with Gasteiger partial charge >= 0.3 is 0 Å².